The molecule has 0 spiro atoms. The third-order valence-corrected chi connectivity index (χ3v) is 1.22. The maximum Gasteiger partial charge on any atom is 2.00 e. The van der Waals surface area contributed by atoms with E-state index in [0.29, 0.717) is 0 Å². The largest absolute Gasteiger partial charge is 2.00 e. The predicted octanol–water partition coefficient (Wildman–Crippen LogP) is 0.0279. The van der Waals surface area contributed by atoms with E-state index >= 15 is 0 Å². The van der Waals surface area contributed by atoms with Crippen molar-refractivity contribution in [1.29, 1.82) is 0 Å². The topological polar surface area (TPSA) is 0 Å². The Morgan fingerprint density at radius 1 is 1.21 bits per heavy atom. The number of hydrogen-bond acceptors (Lipinski definition) is 0. The standard InChI is InChI=1S/C11H9.CH3.K.U/c1-2-3-5-8-11-9-6-4-7-10-11;;;/h3,5-7,9-10H,1H3;1H3;;/q-3;-1;+1;+2. The Balaban J connectivity index is -0.000000403. The Morgan fingerprint density at radius 2 is 1.79 bits per heavy atom. The van der Waals surface area contributed by atoms with Crippen molar-refractivity contribution in [2.45, 2.75) is 6.92 Å². The molecule has 0 radical (unpaired) electrons. The molecule has 1 rings (SSSR count). The zero-order chi connectivity index (χ0) is 7.94. The van der Waals surface area contributed by atoms with Gasteiger partial charge in [0.2, 0.25) is 0 Å². The molecular weight excluding hydrogens is 421 g/mol. The quantitative estimate of drug-likeness (QED) is 0.351. The van der Waals surface area contributed by atoms with Gasteiger partial charge in [-0.15, -0.1) is 6.92 Å². The Bertz CT molecular complexity index is 252. The van der Waals surface area contributed by atoms with Gasteiger partial charge in [0.15, 0.2) is 0 Å². The third kappa shape index (κ3) is 9.92. The molecule has 0 saturated heterocycles. The van der Waals surface area contributed by atoms with Crippen LogP contribution >= 0.6 is 0 Å². The molecule has 14 heavy (non-hydrogen) atoms. The number of allylic oxidation sites excluding steroid dienone is 3. The average molecular weight is 433 g/mol. The number of benzene rings is 1. The molecule has 0 aliphatic heterocycles. The smallest absolute Gasteiger partial charge is 0.358 e. The second-order valence-electron chi connectivity index (χ2n) is 2.06. The van der Waals surface area contributed by atoms with E-state index in [1.165, 1.54) is 0 Å². The molecule has 0 heterocycles. The fraction of sp³-hybridized carbons (Fsp3) is 0.0833. The first-order chi connectivity index (χ1) is 5.43. The number of rotatable bonds is 2. The van der Waals surface area contributed by atoms with Gasteiger partial charge in [-0.1, -0.05) is 0 Å². The fourth-order valence-electron chi connectivity index (χ4n) is 0.704. The molecule has 0 atom stereocenters. The summed E-state index contributed by atoms with van der Waals surface area (Å²) in [6.45, 7) is 1.86. The summed E-state index contributed by atoms with van der Waals surface area (Å²) >= 11 is 0. The van der Waals surface area contributed by atoms with Crippen LogP contribution in [0.3, 0.4) is 0 Å². The van der Waals surface area contributed by atoms with Crippen molar-refractivity contribution >= 4 is 0 Å². The first-order valence-corrected chi connectivity index (χ1v) is 3.48. The molecule has 0 aliphatic rings. The van der Waals surface area contributed by atoms with Crippen molar-refractivity contribution in [3.8, 4) is 0 Å². The summed E-state index contributed by atoms with van der Waals surface area (Å²) in [5, 5.41) is 0. The summed E-state index contributed by atoms with van der Waals surface area (Å²) in [6.07, 6.45) is 9.64. The summed E-state index contributed by atoms with van der Waals surface area (Å²) < 4.78 is 0. The average Bonchev–Trinajstić information content (AvgIpc) is 2.07. The molecule has 66 valence electrons. The van der Waals surface area contributed by atoms with Crippen LogP contribution in [0.2, 0.25) is 0 Å². The van der Waals surface area contributed by atoms with Gasteiger partial charge in [0.05, 0.1) is 0 Å². The van der Waals surface area contributed by atoms with Crippen LogP contribution in [0.25, 0.3) is 0 Å². The van der Waals surface area contributed by atoms with Crippen molar-refractivity contribution in [3.05, 3.63) is 67.6 Å². The maximum atomic E-state index is 3.08. The van der Waals surface area contributed by atoms with Crippen molar-refractivity contribution in [2.75, 3.05) is 0 Å². The Labute approximate surface area is 154 Å². The zero-order valence-electron chi connectivity index (χ0n) is 8.96. The van der Waals surface area contributed by atoms with Crippen LogP contribution in [0.4, 0.5) is 0 Å². The van der Waals surface area contributed by atoms with Crippen LogP contribution in [-0.4, -0.2) is 0 Å². The monoisotopic (exact) mass is 433 g/mol. The van der Waals surface area contributed by atoms with Crippen LogP contribution in [0.1, 0.15) is 12.5 Å². The van der Waals surface area contributed by atoms with Gasteiger partial charge in [-0.2, -0.15) is 35.9 Å². The van der Waals surface area contributed by atoms with Gasteiger partial charge in [0.1, 0.15) is 0 Å². The predicted molar refractivity (Wildman–Crippen MR) is 52.1 cm³/mol. The Morgan fingerprint density at radius 3 is 2.29 bits per heavy atom. The van der Waals surface area contributed by atoms with E-state index in [4.69, 9.17) is 0 Å². The van der Waals surface area contributed by atoms with E-state index in [9.17, 15) is 0 Å². The molecule has 0 saturated carbocycles. The van der Waals surface area contributed by atoms with Gasteiger partial charge >= 0.3 is 82.5 Å². The Kier molecular flexibility index (Phi) is 21.3. The minimum absolute atomic E-state index is 0. The Hall–Kier alpha value is 1.39. The van der Waals surface area contributed by atoms with Gasteiger partial charge < -0.3 is 19.6 Å². The van der Waals surface area contributed by atoms with Gasteiger partial charge in [-0.05, 0) is 0 Å². The molecule has 1 aromatic rings. The number of hydrogen-bond donors (Lipinski definition) is 0. The summed E-state index contributed by atoms with van der Waals surface area (Å²) in [7, 11) is 0. The first kappa shape index (κ1) is 20.8. The summed E-state index contributed by atoms with van der Waals surface area (Å²) in [6, 6.07) is 10.6. The molecule has 1 aromatic carbocycles. The molecule has 0 aliphatic carbocycles. The molecule has 2 heteroatoms. The molecule has 0 N–H and O–H groups in total. The zero-order valence-corrected chi connectivity index (χ0v) is 16.3. The van der Waals surface area contributed by atoms with E-state index in [-0.39, 0.29) is 89.9 Å². The van der Waals surface area contributed by atoms with E-state index < -0.39 is 0 Å². The van der Waals surface area contributed by atoms with Crippen molar-refractivity contribution < 1.29 is 82.5 Å². The second kappa shape index (κ2) is 14.4. The minimum atomic E-state index is 0. The van der Waals surface area contributed by atoms with Crippen LogP contribution in [0.5, 0.6) is 0 Å². The molecule has 0 nitrogen and oxygen atoms in total. The second-order valence-corrected chi connectivity index (χ2v) is 2.06. The normalized spacial score (nSPS) is 8.93. The van der Waals surface area contributed by atoms with Crippen LogP contribution in [0.15, 0.2) is 36.4 Å². The first-order valence-electron chi connectivity index (χ1n) is 3.48. The molecular formula is C12H12KU-. The van der Waals surface area contributed by atoms with E-state index in [2.05, 4.69) is 18.2 Å². The van der Waals surface area contributed by atoms with E-state index in [1.807, 2.05) is 43.3 Å². The van der Waals surface area contributed by atoms with Crippen LogP contribution < -0.4 is 51.4 Å². The van der Waals surface area contributed by atoms with E-state index in [0.717, 1.165) is 5.56 Å². The molecule has 0 aromatic heterocycles. The summed E-state index contributed by atoms with van der Waals surface area (Å²) in [4.78, 5) is 0. The van der Waals surface area contributed by atoms with Crippen LogP contribution in [0, 0.1) is 56.8 Å². The molecule has 0 amide bonds. The van der Waals surface area contributed by atoms with Crippen molar-refractivity contribution in [2.24, 2.45) is 0 Å². The van der Waals surface area contributed by atoms with Gasteiger partial charge in [-0.3, -0.25) is 12.2 Å². The molecule has 0 bridgehead atoms. The maximum absolute atomic E-state index is 3.08. The third-order valence-electron chi connectivity index (χ3n) is 1.22. The molecule has 0 fully saturated rings. The summed E-state index contributed by atoms with van der Waals surface area (Å²) in [5.74, 6) is 0. The summed E-state index contributed by atoms with van der Waals surface area (Å²) in [5.41, 5.74) is 1.07. The fourth-order valence-corrected chi connectivity index (χ4v) is 0.704. The SMILES string of the molecule is C[C-]=CC=[C-]c1cc[c-]cc1.[CH3-].[K+].[U+2]. The van der Waals surface area contributed by atoms with Gasteiger partial charge in [0.25, 0.3) is 0 Å². The minimum Gasteiger partial charge on any atom is -0.358 e. The van der Waals surface area contributed by atoms with Crippen LogP contribution in [-0.2, 0) is 0 Å². The van der Waals surface area contributed by atoms with Gasteiger partial charge in [-0.25, -0.2) is 0 Å². The van der Waals surface area contributed by atoms with Crippen molar-refractivity contribution in [3.63, 3.8) is 0 Å². The van der Waals surface area contributed by atoms with E-state index in [1.54, 1.807) is 0 Å². The van der Waals surface area contributed by atoms with Crippen molar-refractivity contribution in [1.82, 2.24) is 0 Å². The molecule has 0 unspecified atom stereocenters. The van der Waals surface area contributed by atoms with Gasteiger partial charge in [0, 0.05) is 0 Å².